The van der Waals surface area contributed by atoms with Crippen LogP contribution in [0.5, 0.6) is 0 Å². The van der Waals surface area contributed by atoms with Gasteiger partial charge < -0.3 is 11.1 Å². The van der Waals surface area contributed by atoms with Crippen molar-refractivity contribution < 1.29 is 0 Å². The van der Waals surface area contributed by atoms with Gasteiger partial charge >= 0.3 is 0 Å². The van der Waals surface area contributed by atoms with Crippen LogP contribution >= 0.6 is 0 Å². The van der Waals surface area contributed by atoms with Gasteiger partial charge in [-0.2, -0.15) is 0 Å². The van der Waals surface area contributed by atoms with Crippen LogP contribution in [-0.4, -0.2) is 18.1 Å². The Morgan fingerprint density at radius 1 is 1.50 bits per heavy atom. The van der Waals surface area contributed by atoms with Gasteiger partial charge in [0.05, 0.1) is 0 Å². The highest BCUT2D eigenvalue weighted by atomic mass is 15.0. The van der Waals surface area contributed by atoms with E-state index < -0.39 is 0 Å². The molecule has 2 unspecified atom stereocenters. The van der Waals surface area contributed by atoms with Gasteiger partial charge in [-0.15, -0.1) is 0 Å². The van der Waals surface area contributed by atoms with Crippen LogP contribution in [0.1, 0.15) is 53.4 Å². The van der Waals surface area contributed by atoms with E-state index in [9.17, 15) is 0 Å². The van der Waals surface area contributed by atoms with Gasteiger partial charge in [-0.25, -0.2) is 0 Å². The molecule has 84 valence electrons. The zero-order chi connectivity index (χ0) is 10.8. The first-order valence-electron chi connectivity index (χ1n) is 5.88. The molecule has 1 saturated carbocycles. The largest absolute Gasteiger partial charge is 0.329 e. The summed E-state index contributed by atoms with van der Waals surface area (Å²) in [6, 6.07) is 0.679. The van der Waals surface area contributed by atoms with Crippen molar-refractivity contribution in [3.8, 4) is 0 Å². The van der Waals surface area contributed by atoms with Gasteiger partial charge in [0.1, 0.15) is 0 Å². The molecule has 1 aliphatic rings. The summed E-state index contributed by atoms with van der Waals surface area (Å²) in [6.07, 6.45) is 5.06. The standard InChI is InChI=1S/C12H26N2/c1-5-12(4,9-13)14-10-6-7-11(2,3)8-10/h10,14H,5-9,13H2,1-4H3. The van der Waals surface area contributed by atoms with Crippen LogP contribution in [0.4, 0.5) is 0 Å². The fourth-order valence-electron chi connectivity index (χ4n) is 2.36. The van der Waals surface area contributed by atoms with Gasteiger partial charge in [0, 0.05) is 18.1 Å². The van der Waals surface area contributed by atoms with E-state index in [0.29, 0.717) is 11.5 Å². The van der Waals surface area contributed by atoms with E-state index >= 15 is 0 Å². The van der Waals surface area contributed by atoms with Crippen molar-refractivity contribution in [2.24, 2.45) is 11.1 Å². The molecule has 0 radical (unpaired) electrons. The molecule has 0 aromatic heterocycles. The number of nitrogens with two attached hydrogens (primary N) is 1. The van der Waals surface area contributed by atoms with Crippen LogP contribution in [0, 0.1) is 5.41 Å². The van der Waals surface area contributed by atoms with Crippen molar-refractivity contribution in [1.82, 2.24) is 5.32 Å². The second kappa shape index (κ2) is 4.19. The highest BCUT2D eigenvalue weighted by Gasteiger charge is 2.34. The molecule has 14 heavy (non-hydrogen) atoms. The van der Waals surface area contributed by atoms with Gasteiger partial charge in [0.25, 0.3) is 0 Å². The number of rotatable bonds is 4. The lowest BCUT2D eigenvalue weighted by molar-refractivity contribution is 0.288. The van der Waals surface area contributed by atoms with Crippen LogP contribution < -0.4 is 11.1 Å². The Balaban J connectivity index is 2.46. The molecule has 2 heteroatoms. The van der Waals surface area contributed by atoms with Crippen molar-refractivity contribution in [2.45, 2.75) is 65.0 Å². The second-order valence-corrected chi connectivity index (χ2v) is 5.87. The van der Waals surface area contributed by atoms with Gasteiger partial charge in [0.2, 0.25) is 0 Å². The first-order chi connectivity index (χ1) is 6.41. The summed E-state index contributed by atoms with van der Waals surface area (Å²) in [5, 5.41) is 3.72. The average molecular weight is 198 g/mol. The fraction of sp³-hybridized carbons (Fsp3) is 1.00. The number of hydrogen-bond acceptors (Lipinski definition) is 2. The molecule has 0 spiro atoms. The minimum absolute atomic E-state index is 0.144. The van der Waals surface area contributed by atoms with Crippen LogP contribution in [0.25, 0.3) is 0 Å². The van der Waals surface area contributed by atoms with Gasteiger partial charge in [-0.05, 0) is 38.0 Å². The molecular formula is C12H26N2. The zero-order valence-electron chi connectivity index (χ0n) is 10.2. The van der Waals surface area contributed by atoms with E-state index in [2.05, 4.69) is 33.0 Å². The molecular weight excluding hydrogens is 172 g/mol. The van der Waals surface area contributed by atoms with Gasteiger partial charge in [-0.3, -0.25) is 0 Å². The van der Waals surface area contributed by atoms with Crippen molar-refractivity contribution in [2.75, 3.05) is 6.54 Å². The maximum absolute atomic E-state index is 5.80. The normalized spacial score (nSPS) is 30.2. The van der Waals surface area contributed by atoms with E-state index in [1.54, 1.807) is 0 Å². The Labute approximate surface area is 88.6 Å². The molecule has 0 bridgehead atoms. The summed E-state index contributed by atoms with van der Waals surface area (Å²) in [5.74, 6) is 0. The van der Waals surface area contributed by atoms with E-state index in [1.807, 2.05) is 0 Å². The van der Waals surface area contributed by atoms with Crippen LogP contribution in [0.2, 0.25) is 0 Å². The lowest BCUT2D eigenvalue weighted by Crippen LogP contribution is -2.52. The maximum atomic E-state index is 5.80. The maximum Gasteiger partial charge on any atom is 0.0275 e. The summed E-state index contributed by atoms with van der Waals surface area (Å²) in [5.41, 5.74) is 6.47. The molecule has 2 nitrogen and oxygen atoms in total. The lowest BCUT2D eigenvalue weighted by atomic mass is 9.91. The molecule has 0 amide bonds. The van der Waals surface area contributed by atoms with E-state index in [4.69, 9.17) is 5.73 Å². The number of nitrogens with one attached hydrogen (secondary N) is 1. The Bertz CT molecular complexity index is 183. The monoisotopic (exact) mass is 198 g/mol. The quantitative estimate of drug-likeness (QED) is 0.727. The summed E-state index contributed by atoms with van der Waals surface area (Å²) in [4.78, 5) is 0. The molecule has 3 N–H and O–H groups in total. The zero-order valence-corrected chi connectivity index (χ0v) is 10.2. The third-order valence-electron chi connectivity index (χ3n) is 3.75. The highest BCUT2D eigenvalue weighted by molar-refractivity contribution is 4.92. The van der Waals surface area contributed by atoms with Gasteiger partial charge in [-0.1, -0.05) is 20.8 Å². The van der Waals surface area contributed by atoms with Crippen molar-refractivity contribution in [3.63, 3.8) is 0 Å². The molecule has 0 saturated heterocycles. The van der Waals surface area contributed by atoms with E-state index in [-0.39, 0.29) is 5.54 Å². The minimum Gasteiger partial charge on any atom is -0.329 e. The topological polar surface area (TPSA) is 38.0 Å². The van der Waals surface area contributed by atoms with Gasteiger partial charge in [0.15, 0.2) is 0 Å². The average Bonchev–Trinajstić information content (AvgIpc) is 2.45. The molecule has 0 aliphatic heterocycles. The Morgan fingerprint density at radius 2 is 2.14 bits per heavy atom. The van der Waals surface area contributed by atoms with Crippen molar-refractivity contribution in [1.29, 1.82) is 0 Å². The van der Waals surface area contributed by atoms with Crippen LogP contribution in [0.3, 0.4) is 0 Å². The second-order valence-electron chi connectivity index (χ2n) is 5.87. The summed E-state index contributed by atoms with van der Waals surface area (Å²) >= 11 is 0. The minimum atomic E-state index is 0.144. The Kier molecular flexibility index (Phi) is 3.59. The molecule has 0 aromatic rings. The SMILES string of the molecule is CCC(C)(CN)NC1CCC(C)(C)C1. The molecule has 2 atom stereocenters. The Hall–Kier alpha value is -0.0800. The molecule has 0 heterocycles. The predicted molar refractivity (Wildman–Crippen MR) is 62.3 cm³/mol. The Morgan fingerprint density at radius 3 is 2.50 bits per heavy atom. The molecule has 0 aromatic carbocycles. The summed E-state index contributed by atoms with van der Waals surface area (Å²) < 4.78 is 0. The van der Waals surface area contributed by atoms with Crippen molar-refractivity contribution >= 4 is 0 Å². The highest BCUT2D eigenvalue weighted by Crippen LogP contribution is 2.37. The van der Waals surface area contributed by atoms with Crippen LogP contribution in [0.15, 0.2) is 0 Å². The first-order valence-corrected chi connectivity index (χ1v) is 5.88. The third kappa shape index (κ3) is 2.96. The molecule has 1 fully saturated rings. The van der Waals surface area contributed by atoms with Crippen molar-refractivity contribution in [3.05, 3.63) is 0 Å². The fourth-order valence-corrected chi connectivity index (χ4v) is 2.36. The summed E-state index contributed by atoms with van der Waals surface area (Å²) in [7, 11) is 0. The summed E-state index contributed by atoms with van der Waals surface area (Å²) in [6.45, 7) is 9.90. The lowest BCUT2D eigenvalue weighted by Gasteiger charge is -2.32. The first kappa shape index (κ1) is 12.0. The smallest absolute Gasteiger partial charge is 0.0275 e. The molecule has 1 rings (SSSR count). The van der Waals surface area contributed by atoms with E-state index in [0.717, 1.165) is 13.0 Å². The number of hydrogen-bond donors (Lipinski definition) is 2. The molecule has 1 aliphatic carbocycles. The van der Waals surface area contributed by atoms with Crippen LogP contribution in [-0.2, 0) is 0 Å². The predicted octanol–water partition coefficient (Wildman–Crippen LogP) is 2.28. The third-order valence-corrected chi connectivity index (χ3v) is 3.75. The van der Waals surface area contributed by atoms with E-state index in [1.165, 1.54) is 19.3 Å².